The second-order valence-electron chi connectivity index (χ2n) is 6.49. The van der Waals surface area contributed by atoms with Crippen LogP contribution in [0.1, 0.15) is 10.4 Å². The molecule has 0 N–H and O–H groups in total. The summed E-state index contributed by atoms with van der Waals surface area (Å²) < 4.78 is 10.7. The van der Waals surface area contributed by atoms with E-state index in [0.29, 0.717) is 17.9 Å². The Kier molecular flexibility index (Phi) is 5.22. The predicted octanol–water partition coefficient (Wildman–Crippen LogP) is 4.35. The number of nitro groups is 1. The Labute approximate surface area is 167 Å². The number of benzene rings is 3. The molecule has 1 saturated heterocycles. The van der Waals surface area contributed by atoms with E-state index in [0.717, 1.165) is 0 Å². The summed E-state index contributed by atoms with van der Waals surface area (Å²) in [5.41, 5.74) is 0.820. The van der Waals surface area contributed by atoms with Gasteiger partial charge in [0.1, 0.15) is 18.4 Å². The Morgan fingerprint density at radius 1 is 1.03 bits per heavy atom. The Bertz CT molecular complexity index is 1020. The zero-order valence-corrected chi connectivity index (χ0v) is 15.4. The molecular weight excluding hydrogens is 372 g/mol. The van der Waals surface area contributed by atoms with Crippen molar-refractivity contribution in [1.82, 2.24) is 0 Å². The highest BCUT2D eigenvalue weighted by atomic mass is 16.6. The first kappa shape index (κ1) is 18.6. The maximum atomic E-state index is 13.4. The molecule has 0 aliphatic carbocycles. The number of epoxide rings is 1. The van der Waals surface area contributed by atoms with Crippen molar-refractivity contribution in [3.05, 3.63) is 94.5 Å². The van der Waals surface area contributed by atoms with Gasteiger partial charge in [-0.3, -0.25) is 19.8 Å². The summed E-state index contributed by atoms with van der Waals surface area (Å²) in [6.45, 7) is 0.804. The number of nitrogens with zero attached hydrogens (tertiary/aromatic N) is 2. The maximum Gasteiger partial charge on any atom is 0.334 e. The second-order valence-corrected chi connectivity index (χ2v) is 6.49. The molecular formula is C22H18N2O5. The van der Waals surface area contributed by atoms with E-state index in [9.17, 15) is 14.9 Å². The summed E-state index contributed by atoms with van der Waals surface area (Å²) in [6.07, 6.45) is -0.0468. The van der Waals surface area contributed by atoms with Gasteiger partial charge in [0.15, 0.2) is 5.75 Å². The number of carbonyl (C=O) groups excluding carboxylic acids is 1. The van der Waals surface area contributed by atoms with Crippen molar-refractivity contribution in [2.24, 2.45) is 0 Å². The number of hydrogen-bond acceptors (Lipinski definition) is 5. The topological polar surface area (TPSA) is 85.2 Å². The Morgan fingerprint density at radius 2 is 1.69 bits per heavy atom. The molecule has 1 aliphatic heterocycles. The lowest BCUT2D eigenvalue weighted by Crippen LogP contribution is -2.26. The van der Waals surface area contributed by atoms with E-state index in [2.05, 4.69) is 0 Å². The van der Waals surface area contributed by atoms with Gasteiger partial charge in [0.25, 0.3) is 5.91 Å². The van der Waals surface area contributed by atoms with Crippen LogP contribution >= 0.6 is 0 Å². The molecule has 1 heterocycles. The average molecular weight is 390 g/mol. The molecule has 3 aromatic rings. The molecule has 0 saturated carbocycles. The van der Waals surface area contributed by atoms with E-state index in [-0.39, 0.29) is 35.7 Å². The molecule has 0 spiro atoms. The van der Waals surface area contributed by atoms with Crippen LogP contribution < -0.4 is 9.64 Å². The lowest BCUT2D eigenvalue weighted by atomic mass is 10.1. The fraction of sp³-hybridized carbons (Fsp3) is 0.136. The second kappa shape index (κ2) is 8.12. The summed E-state index contributed by atoms with van der Waals surface area (Å²) in [4.78, 5) is 26.1. The molecule has 0 bridgehead atoms. The van der Waals surface area contributed by atoms with E-state index in [1.54, 1.807) is 66.7 Å². The molecule has 7 heteroatoms. The molecule has 1 amide bonds. The number of rotatable bonds is 7. The van der Waals surface area contributed by atoms with Crippen molar-refractivity contribution < 1.29 is 19.2 Å². The lowest BCUT2D eigenvalue weighted by molar-refractivity contribution is -0.385. The Hall–Kier alpha value is -3.71. The van der Waals surface area contributed by atoms with Crippen molar-refractivity contribution in [3.8, 4) is 5.75 Å². The summed E-state index contributed by atoms with van der Waals surface area (Å²) in [5.74, 6) is -0.271. The van der Waals surface area contributed by atoms with Gasteiger partial charge >= 0.3 is 5.69 Å². The minimum absolute atomic E-state index is 0.0468. The van der Waals surface area contributed by atoms with Gasteiger partial charge in [0, 0.05) is 11.3 Å². The van der Waals surface area contributed by atoms with Gasteiger partial charge in [0.2, 0.25) is 0 Å². The highest BCUT2D eigenvalue weighted by Crippen LogP contribution is 2.41. The van der Waals surface area contributed by atoms with Crippen LogP contribution in [0, 0.1) is 10.1 Å². The van der Waals surface area contributed by atoms with Crippen molar-refractivity contribution in [2.75, 3.05) is 18.1 Å². The molecule has 1 fully saturated rings. The minimum Gasteiger partial charge on any atom is -0.484 e. The van der Waals surface area contributed by atoms with E-state index in [1.807, 2.05) is 6.07 Å². The summed E-state index contributed by atoms with van der Waals surface area (Å²) in [7, 11) is 0. The van der Waals surface area contributed by atoms with Crippen molar-refractivity contribution >= 4 is 23.0 Å². The highest BCUT2D eigenvalue weighted by Gasteiger charge is 2.31. The number of para-hydroxylation sites is 2. The van der Waals surface area contributed by atoms with Crippen LogP contribution in [0.4, 0.5) is 17.1 Å². The van der Waals surface area contributed by atoms with E-state index in [1.165, 1.54) is 11.0 Å². The lowest BCUT2D eigenvalue weighted by Gasteiger charge is -2.23. The molecule has 1 atom stereocenters. The third-order valence-corrected chi connectivity index (χ3v) is 4.47. The van der Waals surface area contributed by atoms with Gasteiger partial charge < -0.3 is 9.47 Å². The smallest absolute Gasteiger partial charge is 0.334 e. The van der Waals surface area contributed by atoms with Crippen LogP contribution in [0.3, 0.4) is 0 Å². The summed E-state index contributed by atoms with van der Waals surface area (Å²) >= 11 is 0. The first-order chi connectivity index (χ1) is 14.1. The zero-order chi connectivity index (χ0) is 20.2. The van der Waals surface area contributed by atoms with E-state index in [4.69, 9.17) is 9.47 Å². The van der Waals surface area contributed by atoms with Gasteiger partial charge in [-0.05, 0) is 36.4 Å². The highest BCUT2D eigenvalue weighted by molar-refractivity contribution is 6.12. The quantitative estimate of drug-likeness (QED) is 0.340. The fourth-order valence-corrected chi connectivity index (χ4v) is 2.99. The van der Waals surface area contributed by atoms with Gasteiger partial charge in [-0.25, -0.2) is 0 Å². The van der Waals surface area contributed by atoms with Crippen molar-refractivity contribution in [2.45, 2.75) is 6.10 Å². The normalized spacial score (nSPS) is 14.8. The van der Waals surface area contributed by atoms with Crippen molar-refractivity contribution in [3.63, 3.8) is 0 Å². The monoisotopic (exact) mass is 390 g/mol. The fourth-order valence-electron chi connectivity index (χ4n) is 2.99. The number of hydrogen-bond donors (Lipinski definition) is 0. The third kappa shape index (κ3) is 4.09. The molecule has 7 nitrogen and oxygen atoms in total. The minimum atomic E-state index is -0.521. The van der Waals surface area contributed by atoms with Crippen LogP contribution in [0.5, 0.6) is 5.75 Å². The summed E-state index contributed by atoms with van der Waals surface area (Å²) in [6, 6.07) is 22.2. The van der Waals surface area contributed by atoms with E-state index >= 15 is 0 Å². The zero-order valence-electron chi connectivity index (χ0n) is 15.4. The Morgan fingerprint density at radius 3 is 2.31 bits per heavy atom. The molecule has 1 aliphatic rings. The first-order valence-electron chi connectivity index (χ1n) is 9.11. The SMILES string of the molecule is O=C(c1ccccc1)N(c1ccccc1)c1cccc(OCC2CO2)c1[N+](=O)[O-]. The van der Waals surface area contributed by atoms with Gasteiger partial charge in [-0.2, -0.15) is 0 Å². The molecule has 1 unspecified atom stereocenters. The molecule has 146 valence electrons. The van der Waals surface area contributed by atoms with Crippen LogP contribution in [0.25, 0.3) is 0 Å². The number of amides is 1. The average Bonchev–Trinajstić information content (AvgIpc) is 3.58. The van der Waals surface area contributed by atoms with E-state index < -0.39 is 4.92 Å². The third-order valence-electron chi connectivity index (χ3n) is 4.47. The number of carbonyl (C=O) groups is 1. The van der Waals surface area contributed by atoms with Gasteiger partial charge in [-0.15, -0.1) is 0 Å². The largest absolute Gasteiger partial charge is 0.484 e. The number of anilines is 2. The predicted molar refractivity (Wildman–Crippen MR) is 108 cm³/mol. The Balaban J connectivity index is 1.82. The summed E-state index contributed by atoms with van der Waals surface area (Å²) in [5, 5.41) is 12.0. The molecule has 0 aromatic heterocycles. The van der Waals surface area contributed by atoms with Gasteiger partial charge in [0.05, 0.1) is 11.5 Å². The first-order valence-corrected chi connectivity index (χ1v) is 9.11. The number of nitro benzene ring substituents is 1. The molecule has 4 rings (SSSR count). The molecule has 3 aromatic carbocycles. The van der Waals surface area contributed by atoms with Crippen LogP contribution in [0.15, 0.2) is 78.9 Å². The maximum absolute atomic E-state index is 13.4. The van der Waals surface area contributed by atoms with Crippen LogP contribution in [0.2, 0.25) is 0 Å². The molecule has 29 heavy (non-hydrogen) atoms. The van der Waals surface area contributed by atoms with Crippen LogP contribution in [-0.2, 0) is 4.74 Å². The number of ether oxygens (including phenoxy) is 2. The molecule has 0 radical (unpaired) electrons. The van der Waals surface area contributed by atoms with Gasteiger partial charge in [-0.1, -0.05) is 42.5 Å². The van der Waals surface area contributed by atoms with Crippen molar-refractivity contribution in [1.29, 1.82) is 0 Å². The standard InChI is InChI=1S/C22H18N2O5/c25-22(16-8-3-1-4-9-16)23(17-10-5-2-6-11-17)19-12-7-13-20(21(19)24(26)27)29-15-18-14-28-18/h1-13,18H,14-15H2. The van der Waals surface area contributed by atoms with Crippen LogP contribution in [-0.4, -0.2) is 30.1 Å².